The van der Waals surface area contributed by atoms with Gasteiger partial charge in [0.05, 0.1) is 0 Å². The molecule has 0 aliphatic heterocycles. The Morgan fingerprint density at radius 1 is 1.14 bits per heavy atom. The SMILES string of the molecule is CC(C)CC(NC(=O)c1ccc(Cl)cc1)C(=O)NCCc1nncn1C(C)C. The van der Waals surface area contributed by atoms with Crippen molar-refractivity contribution in [2.24, 2.45) is 5.92 Å². The monoisotopic (exact) mass is 405 g/mol. The van der Waals surface area contributed by atoms with Gasteiger partial charge in [-0.2, -0.15) is 0 Å². The van der Waals surface area contributed by atoms with E-state index in [0.717, 1.165) is 5.82 Å². The number of nitrogens with one attached hydrogen (secondary N) is 2. The van der Waals surface area contributed by atoms with Gasteiger partial charge in [-0.3, -0.25) is 9.59 Å². The lowest BCUT2D eigenvalue weighted by molar-refractivity contribution is -0.123. The molecule has 0 fully saturated rings. The van der Waals surface area contributed by atoms with E-state index in [9.17, 15) is 9.59 Å². The topological polar surface area (TPSA) is 88.9 Å². The fourth-order valence-electron chi connectivity index (χ4n) is 2.84. The summed E-state index contributed by atoms with van der Waals surface area (Å²) >= 11 is 5.86. The van der Waals surface area contributed by atoms with Crippen LogP contribution in [-0.2, 0) is 11.2 Å². The van der Waals surface area contributed by atoms with Crippen LogP contribution < -0.4 is 10.6 Å². The van der Waals surface area contributed by atoms with Crippen LogP contribution in [0.4, 0.5) is 0 Å². The van der Waals surface area contributed by atoms with Crippen molar-refractivity contribution in [3.05, 3.63) is 47.0 Å². The lowest BCUT2D eigenvalue weighted by Crippen LogP contribution is -2.47. The number of carbonyl (C=O) groups excluding carboxylic acids is 2. The van der Waals surface area contributed by atoms with Gasteiger partial charge in [0.2, 0.25) is 5.91 Å². The molecule has 28 heavy (non-hydrogen) atoms. The van der Waals surface area contributed by atoms with Crippen molar-refractivity contribution in [1.82, 2.24) is 25.4 Å². The van der Waals surface area contributed by atoms with E-state index < -0.39 is 6.04 Å². The Hall–Kier alpha value is -2.41. The third-order valence-electron chi connectivity index (χ3n) is 4.29. The third kappa shape index (κ3) is 6.34. The molecule has 1 atom stereocenters. The predicted octanol–water partition coefficient (Wildman–Crippen LogP) is 3.02. The predicted molar refractivity (Wildman–Crippen MR) is 109 cm³/mol. The molecule has 0 aliphatic carbocycles. The first-order valence-corrected chi connectivity index (χ1v) is 9.88. The van der Waals surface area contributed by atoms with E-state index in [0.29, 0.717) is 30.0 Å². The van der Waals surface area contributed by atoms with Gasteiger partial charge in [0, 0.05) is 29.6 Å². The van der Waals surface area contributed by atoms with Gasteiger partial charge in [-0.25, -0.2) is 0 Å². The molecule has 2 amide bonds. The van der Waals surface area contributed by atoms with Crippen LogP contribution in [-0.4, -0.2) is 39.2 Å². The first-order chi connectivity index (χ1) is 13.3. The Labute approximate surface area is 170 Å². The van der Waals surface area contributed by atoms with Crippen LogP contribution in [0.1, 0.15) is 56.3 Å². The lowest BCUT2D eigenvalue weighted by Gasteiger charge is -2.20. The molecular formula is C20H28ClN5O2. The number of amides is 2. The number of rotatable bonds is 9. The number of aromatic nitrogens is 3. The number of carbonyl (C=O) groups is 2. The van der Waals surface area contributed by atoms with Crippen LogP contribution in [0.5, 0.6) is 0 Å². The van der Waals surface area contributed by atoms with Crippen molar-refractivity contribution in [1.29, 1.82) is 0 Å². The van der Waals surface area contributed by atoms with Crippen LogP contribution >= 0.6 is 11.6 Å². The van der Waals surface area contributed by atoms with Crippen LogP contribution in [0.2, 0.25) is 5.02 Å². The zero-order valence-corrected chi connectivity index (χ0v) is 17.5. The Balaban J connectivity index is 1.95. The molecule has 1 unspecified atom stereocenters. The zero-order valence-electron chi connectivity index (χ0n) is 16.8. The summed E-state index contributed by atoms with van der Waals surface area (Å²) < 4.78 is 1.97. The molecule has 0 saturated heterocycles. The van der Waals surface area contributed by atoms with Gasteiger partial charge in [0.25, 0.3) is 5.91 Å². The fourth-order valence-corrected chi connectivity index (χ4v) is 2.97. The Bertz CT molecular complexity index is 786. The zero-order chi connectivity index (χ0) is 20.7. The maximum absolute atomic E-state index is 12.7. The summed E-state index contributed by atoms with van der Waals surface area (Å²) in [6.45, 7) is 8.56. The second-order valence-electron chi connectivity index (χ2n) is 7.45. The van der Waals surface area contributed by atoms with Gasteiger partial charge >= 0.3 is 0 Å². The average Bonchev–Trinajstić information content (AvgIpc) is 3.10. The summed E-state index contributed by atoms with van der Waals surface area (Å²) in [4.78, 5) is 25.1. The first kappa shape index (κ1) is 21.9. The molecule has 1 aromatic heterocycles. The molecule has 8 heteroatoms. The maximum Gasteiger partial charge on any atom is 0.251 e. The number of hydrogen-bond donors (Lipinski definition) is 2. The number of halogens is 1. The van der Waals surface area contributed by atoms with Crippen molar-refractivity contribution in [3.8, 4) is 0 Å². The second-order valence-corrected chi connectivity index (χ2v) is 7.89. The summed E-state index contributed by atoms with van der Waals surface area (Å²) in [5.41, 5.74) is 0.469. The smallest absolute Gasteiger partial charge is 0.251 e. The van der Waals surface area contributed by atoms with Crippen LogP contribution in [0, 0.1) is 5.92 Å². The maximum atomic E-state index is 12.7. The molecule has 2 rings (SSSR count). The van der Waals surface area contributed by atoms with E-state index in [2.05, 4.69) is 34.7 Å². The normalized spacial score (nSPS) is 12.2. The van der Waals surface area contributed by atoms with E-state index >= 15 is 0 Å². The molecule has 1 heterocycles. The Morgan fingerprint density at radius 2 is 1.82 bits per heavy atom. The standard InChI is InChI=1S/C20H28ClN5O2/c1-13(2)11-17(24-19(27)15-5-7-16(21)8-6-15)20(28)22-10-9-18-25-23-12-26(18)14(3)4/h5-8,12-14,17H,9-11H2,1-4H3,(H,22,28)(H,24,27). The molecule has 1 aromatic carbocycles. The van der Waals surface area contributed by atoms with Gasteiger partial charge < -0.3 is 15.2 Å². The highest BCUT2D eigenvalue weighted by Crippen LogP contribution is 2.11. The van der Waals surface area contributed by atoms with Gasteiger partial charge in [-0.05, 0) is 50.5 Å². The molecular weight excluding hydrogens is 378 g/mol. The minimum Gasteiger partial charge on any atom is -0.354 e. The molecule has 2 aromatic rings. The van der Waals surface area contributed by atoms with E-state index in [1.165, 1.54) is 0 Å². The van der Waals surface area contributed by atoms with Gasteiger partial charge in [0.15, 0.2) is 0 Å². The minimum atomic E-state index is -0.605. The van der Waals surface area contributed by atoms with Gasteiger partial charge in [-0.15, -0.1) is 10.2 Å². The lowest BCUT2D eigenvalue weighted by atomic mass is 10.0. The Morgan fingerprint density at radius 3 is 2.43 bits per heavy atom. The van der Waals surface area contributed by atoms with Crippen molar-refractivity contribution in [2.75, 3.05) is 6.54 Å². The summed E-state index contributed by atoms with van der Waals surface area (Å²) in [5, 5.41) is 14.3. The highest BCUT2D eigenvalue weighted by atomic mass is 35.5. The molecule has 0 aliphatic rings. The largest absolute Gasteiger partial charge is 0.354 e. The molecule has 0 spiro atoms. The second kappa shape index (κ2) is 10.2. The van der Waals surface area contributed by atoms with E-state index in [4.69, 9.17) is 11.6 Å². The number of hydrogen-bond acceptors (Lipinski definition) is 4. The summed E-state index contributed by atoms with van der Waals surface area (Å²) in [6, 6.07) is 6.23. The number of benzene rings is 1. The summed E-state index contributed by atoms with van der Waals surface area (Å²) in [5.74, 6) is 0.579. The van der Waals surface area contributed by atoms with Crippen LogP contribution in [0.25, 0.3) is 0 Å². The van der Waals surface area contributed by atoms with Crippen molar-refractivity contribution < 1.29 is 9.59 Å². The van der Waals surface area contributed by atoms with Crippen LogP contribution in [0.3, 0.4) is 0 Å². The Kier molecular flexibility index (Phi) is 7.99. The summed E-state index contributed by atoms with van der Waals surface area (Å²) in [7, 11) is 0. The van der Waals surface area contributed by atoms with Crippen LogP contribution in [0.15, 0.2) is 30.6 Å². The molecule has 152 valence electrons. The summed E-state index contributed by atoms with van der Waals surface area (Å²) in [6.07, 6.45) is 2.81. The van der Waals surface area contributed by atoms with Crippen molar-refractivity contribution >= 4 is 23.4 Å². The van der Waals surface area contributed by atoms with E-state index in [1.807, 2.05) is 18.4 Å². The minimum absolute atomic E-state index is 0.202. The fraction of sp³-hybridized carbons (Fsp3) is 0.500. The van der Waals surface area contributed by atoms with E-state index in [-0.39, 0.29) is 23.8 Å². The van der Waals surface area contributed by atoms with Gasteiger partial charge in [0.1, 0.15) is 18.2 Å². The van der Waals surface area contributed by atoms with Crippen molar-refractivity contribution in [2.45, 2.75) is 52.6 Å². The number of nitrogens with zero attached hydrogens (tertiary/aromatic N) is 3. The molecule has 0 saturated carbocycles. The first-order valence-electron chi connectivity index (χ1n) is 9.50. The highest BCUT2D eigenvalue weighted by molar-refractivity contribution is 6.30. The highest BCUT2D eigenvalue weighted by Gasteiger charge is 2.22. The molecule has 2 N–H and O–H groups in total. The van der Waals surface area contributed by atoms with Crippen molar-refractivity contribution in [3.63, 3.8) is 0 Å². The molecule has 7 nitrogen and oxygen atoms in total. The molecule has 0 bridgehead atoms. The third-order valence-corrected chi connectivity index (χ3v) is 4.54. The van der Waals surface area contributed by atoms with E-state index in [1.54, 1.807) is 30.6 Å². The quantitative estimate of drug-likeness (QED) is 0.671. The molecule has 0 radical (unpaired) electrons. The average molecular weight is 406 g/mol. The van der Waals surface area contributed by atoms with Gasteiger partial charge in [-0.1, -0.05) is 25.4 Å².